The number of aliphatic hydroxyl groups is 1. The fraction of sp³-hybridized carbons (Fsp3) is 1.00. The molecule has 0 fully saturated rings. The summed E-state index contributed by atoms with van der Waals surface area (Å²) in [5, 5.41) is 12.5. The van der Waals surface area contributed by atoms with Gasteiger partial charge in [0.25, 0.3) is 0 Å². The fourth-order valence-electron chi connectivity index (χ4n) is 1.31. The van der Waals surface area contributed by atoms with E-state index >= 15 is 0 Å². The topological polar surface area (TPSA) is 32.3 Å². The zero-order valence-electron chi connectivity index (χ0n) is 9.05. The van der Waals surface area contributed by atoms with Crippen molar-refractivity contribution in [3.8, 4) is 0 Å². The lowest BCUT2D eigenvalue weighted by molar-refractivity contribution is 0.170. The maximum absolute atomic E-state index is 9.12. The van der Waals surface area contributed by atoms with Gasteiger partial charge in [0.15, 0.2) is 0 Å². The van der Waals surface area contributed by atoms with Crippen molar-refractivity contribution in [3.63, 3.8) is 0 Å². The van der Waals surface area contributed by atoms with Crippen LogP contribution in [-0.4, -0.2) is 35.8 Å². The Hall–Kier alpha value is 0.270. The quantitative estimate of drug-likeness (QED) is 0.593. The minimum absolute atomic E-state index is 0.186. The van der Waals surface area contributed by atoms with E-state index in [0.717, 1.165) is 13.0 Å². The number of unbranched alkanes of at least 4 members (excludes halogenated alkanes) is 1. The van der Waals surface area contributed by atoms with Gasteiger partial charge in [-0.25, -0.2) is 0 Å². The van der Waals surface area contributed by atoms with Gasteiger partial charge < -0.3 is 10.4 Å². The predicted molar refractivity (Wildman–Crippen MR) is 61.4 cm³/mol. The molecule has 2 nitrogen and oxygen atoms in total. The molecule has 2 atom stereocenters. The zero-order chi connectivity index (χ0) is 10.1. The van der Waals surface area contributed by atoms with E-state index in [4.69, 9.17) is 5.11 Å². The van der Waals surface area contributed by atoms with E-state index in [1.54, 1.807) is 0 Å². The molecule has 0 aromatic heterocycles. The van der Waals surface area contributed by atoms with Crippen molar-refractivity contribution in [2.24, 2.45) is 0 Å². The van der Waals surface area contributed by atoms with E-state index in [-0.39, 0.29) is 6.10 Å². The molecule has 80 valence electrons. The standard InChI is InChI=1S/C10H23NOS/c1-9(8-10(2)12)11-6-4-5-7-13-3/h9-12H,4-8H2,1-3H3. The van der Waals surface area contributed by atoms with Crippen LogP contribution in [0.2, 0.25) is 0 Å². The molecule has 0 heterocycles. The molecule has 0 aliphatic heterocycles. The molecule has 0 radical (unpaired) electrons. The summed E-state index contributed by atoms with van der Waals surface area (Å²) in [4.78, 5) is 0. The molecule has 0 aromatic rings. The molecule has 0 aliphatic carbocycles. The van der Waals surface area contributed by atoms with Crippen molar-refractivity contribution in [1.29, 1.82) is 0 Å². The normalized spacial score (nSPS) is 15.7. The van der Waals surface area contributed by atoms with Gasteiger partial charge in [-0.1, -0.05) is 0 Å². The van der Waals surface area contributed by atoms with E-state index in [0.29, 0.717) is 6.04 Å². The molecule has 0 aromatic carbocycles. The first-order chi connectivity index (χ1) is 6.16. The van der Waals surface area contributed by atoms with Crippen LogP contribution in [0.5, 0.6) is 0 Å². The molecule has 0 aliphatic rings. The molecule has 0 saturated carbocycles. The van der Waals surface area contributed by atoms with Crippen molar-refractivity contribution < 1.29 is 5.11 Å². The maximum atomic E-state index is 9.12. The van der Waals surface area contributed by atoms with Gasteiger partial charge in [-0.05, 0) is 51.7 Å². The Balaban J connectivity index is 3.12. The van der Waals surface area contributed by atoms with Crippen LogP contribution >= 0.6 is 11.8 Å². The van der Waals surface area contributed by atoms with Gasteiger partial charge in [0.05, 0.1) is 6.10 Å². The molecule has 0 saturated heterocycles. The van der Waals surface area contributed by atoms with Gasteiger partial charge in [-0.15, -0.1) is 0 Å². The van der Waals surface area contributed by atoms with Crippen LogP contribution in [0.4, 0.5) is 0 Å². The molecule has 0 spiro atoms. The third-order valence-corrected chi connectivity index (χ3v) is 2.66. The number of aliphatic hydroxyl groups excluding tert-OH is 1. The van der Waals surface area contributed by atoms with Crippen LogP contribution < -0.4 is 5.32 Å². The number of hydrogen-bond acceptors (Lipinski definition) is 3. The minimum Gasteiger partial charge on any atom is -0.393 e. The van der Waals surface area contributed by atoms with Crippen molar-refractivity contribution in [2.75, 3.05) is 18.6 Å². The second-order valence-electron chi connectivity index (χ2n) is 3.64. The Morgan fingerprint density at radius 2 is 2.00 bits per heavy atom. The van der Waals surface area contributed by atoms with Crippen molar-refractivity contribution in [1.82, 2.24) is 5.32 Å². The predicted octanol–water partition coefficient (Wildman–Crippen LogP) is 1.88. The van der Waals surface area contributed by atoms with Gasteiger partial charge in [0, 0.05) is 6.04 Å². The fourth-order valence-corrected chi connectivity index (χ4v) is 1.81. The van der Waals surface area contributed by atoms with E-state index in [1.165, 1.54) is 18.6 Å². The first-order valence-corrected chi connectivity index (χ1v) is 6.46. The summed E-state index contributed by atoms with van der Waals surface area (Å²) in [5.74, 6) is 1.26. The van der Waals surface area contributed by atoms with Crippen LogP contribution in [-0.2, 0) is 0 Å². The molecule has 3 heteroatoms. The number of thioether (sulfide) groups is 1. The Morgan fingerprint density at radius 3 is 2.54 bits per heavy atom. The van der Waals surface area contributed by atoms with Gasteiger partial charge in [0.1, 0.15) is 0 Å². The highest BCUT2D eigenvalue weighted by Crippen LogP contribution is 2.00. The van der Waals surface area contributed by atoms with Crippen molar-refractivity contribution in [3.05, 3.63) is 0 Å². The summed E-state index contributed by atoms with van der Waals surface area (Å²) in [6.07, 6.45) is 5.33. The van der Waals surface area contributed by atoms with E-state index in [9.17, 15) is 0 Å². The van der Waals surface area contributed by atoms with E-state index in [2.05, 4.69) is 18.5 Å². The van der Waals surface area contributed by atoms with Crippen LogP contribution in [0, 0.1) is 0 Å². The molecule has 13 heavy (non-hydrogen) atoms. The summed E-state index contributed by atoms with van der Waals surface area (Å²) in [7, 11) is 0. The van der Waals surface area contributed by atoms with Gasteiger partial charge in [-0.3, -0.25) is 0 Å². The molecular formula is C10H23NOS. The van der Waals surface area contributed by atoms with Crippen molar-refractivity contribution >= 4 is 11.8 Å². The van der Waals surface area contributed by atoms with Gasteiger partial charge in [0.2, 0.25) is 0 Å². The van der Waals surface area contributed by atoms with Gasteiger partial charge >= 0.3 is 0 Å². The highest BCUT2D eigenvalue weighted by Gasteiger charge is 2.03. The smallest absolute Gasteiger partial charge is 0.0526 e. The Bertz CT molecular complexity index is 109. The first-order valence-electron chi connectivity index (χ1n) is 5.07. The third-order valence-electron chi connectivity index (χ3n) is 1.96. The Kier molecular flexibility index (Phi) is 9.03. The highest BCUT2D eigenvalue weighted by atomic mass is 32.2. The summed E-state index contributed by atoms with van der Waals surface area (Å²) < 4.78 is 0. The lowest BCUT2D eigenvalue weighted by Gasteiger charge is -2.14. The molecule has 0 bridgehead atoms. The number of rotatable bonds is 8. The number of hydrogen-bond donors (Lipinski definition) is 2. The average molecular weight is 205 g/mol. The lowest BCUT2D eigenvalue weighted by Crippen LogP contribution is -2.30. The van der Waals surface area contributed by atoms with Crippen LogP contribution in [0.3, 0.4) is 0 Å². The Morgan fingerprint density at radius 1 is 1.31 bits per heavy atom. The summed E-state index contributed by atoms with van der Waals surface area (Å²) in [5.41, 5.74) is 0. The SMILES string of the molecule is CSCCCCNC(C)CC(C)O. The molecule has 0 rings (SSSR count). The van der Waals surface area contributed by atoms with Gasteiger partial charge in [-0.2, -0.15) is 11.8 Å². The van der Waals surface area contributed by atoms with Crippen LogP contribution in [0.1, 0.15) is 33.1 Å². The molecular weight excluding hydrogens is 182 g/mol. The summed E-state index contributed by atoms with van der Waals surface area (Å²) in [6.45, 7) is 5.04. The van der Waals surface area contributed by atoms with Crippen LogP contribution in [0.15, 0.2) is 0 Å². The first kappa shape index (κ1) is 13.3. The minimum atomic E-state index is -0.186. The Labute approximate surface area is 86.5 Å². The largest absolute Gasteiger partial charge is 0.393 e. The zero-order valence-corrected chi connectivity index (χ0v) is 9.86. The van der Waals surface area contributed by atoms with Crippen LogP contribution in [0.25, 0.3) is 0 Å². The third kappa shape index (κ3) is 10.2. The summed E-state index contributed by atoms with van der Waals surface area (Å²) in [6, 6.07) is 0.439. The second-order valence-corrected chi connectivity index (χ2v) is 4.63. The summed E-state index contributed by atoms with van der Waals surface area (Å²) >= 11 is 1.90. The molecule has 0 amide bonds. The average Bonchev–Trinajstić information content (AvgIpc) is 2.02. The van der Waals surface area contributed by atoms with E-state index < -0.39 is 0 Å². The number of nitrogens with one attached hydrogen (secondary N) is 1. The van der Waals surface area contributed by atoms with E-state index in [1.807, 2.05) is 18.7 Å². The lowest BCUT2D eigenvalue weighted by atomic mass is 10.1. The second kappa shape index (κ2) is 8.85. The molecule has 2 unspecified atom stereocenters. The maximum Gasteiger partial charge on any atom is 0.0526 e. The molecule has 2 N–H and O–H groups in total. The monoisotopic (exact) mass is 205 g/mol. The van der Waals surface area contributed by atoms with Crippen molar-refractivity contribution in [2.45, 2.75) is 45.3 Å². The highest BCUT2D eigenvalue weighted by molar-refractivity contribution is 7.98.